The molecule has 1 fully saturated rings. The van der Waals surface area contributed by atoms with Gasteiger partial charge in [0.05, 0.1) is 15.5 Å². The summed E-state index contributed by atoms with van der Waals surface area (Å²) in [6.45, 7) is 4.59. The summed E-state index contributed by atoms with van der Waals surface area (Å²) in [5.41, 5.74) is -0.0572. The highest BCUT2D eigenvalue weighted by atomic mass is 35.7. The normalized spacial score (nSPS) is 20.1. The van der Waals surface area contributed by atoms with E-state index in [1.54, 1.807) is 0 Å². The van der Waals surface area contributed by atoms with Crippen LogP contribution in [0.3, 0.4) is 0 Å². The second kappa shape index (κ2) is 5.41. The molecule has 21 heavy (non-hydrogen) atoms. The monoisotopic (exact) mass is 353 g/mol. The van der Waals surface area contributed by atoms with Crippen molar-refractivity contribution in [2.45, 2.75) is 25.2 Å². The highest BCUT2D eigenvalue weighted by molar-refractivity contribution is 8.13. The van der Waals surface area contributed by atoms with Crippen LogP contribution in [-0.4, -0.2) is 20.9 Å². The van der Waals surface area contributed by atoms with E-state index >= 15 is 0 Å². The first-order valence-electron chi connectivity index (χ1n) is 6.24. The molecule has 1 atom stereocenters. The van der Waals surface area contributed by atoms with Crippen molar-refractivity contribution in [2.24, 2.45) is 11.3 Å². The Bertz CT molecular complexity index is 704. The summed E-state index contributed by atoms with van der Waals surface area (Å²) in [7, 11) is 1.02. The van der Waals surface area contributed by atoms with Crippen molar-refractivity contribution in [3.63, 3.8) is 0 Å². The third-order valence-electron chi connectivity index (χ3n) is 3.75. The Morgan fingerprint density at radius 1 is 1.48 bits per heavy atom. The number of halogens is 3. The molecule has 1 N–H and O–H groups in total. The quantitative estimate of drug-likeness (QED) is 0.845. The van der Waals surface area contributed by atoms with Crippen LogP contribution in [-0.2, 0) is 9.05 Å². The largest absolute Gasteiger partial charge is 0.352 e. The van der Waals surface area contributed by atoms with Crippen LogP contribution in [0.15, 0.2) is 17.0 Å². The van der Waals surface area contributed by atoms with Gasteiger partial charge in [-0.3, -0.25) is 4.79 Å². The number of carbonyl (C=O) groups is 1. The van der Waals surface area contributed by atoms with E-state index in [0.717, 1.165) is 12.5 Å². The van der Waals surface area contributed by atoms with Crippen molar-refractivity contribution in [1.82, 2.24) is 5.32 Å². The van der Waals surface area contributed by atoms with Gasteiger partial charge in [0.15, 0.2) is 0 Å². The molecule has 2 rings (SSSR count). The maximum Gasteiger partial charge on any atom is 0.261 e. The van der Waals surface area contributed by atoms with Gasteiger partial charge >= 0.3 is 0 Å². The van der Waals surface area contributed by atoms with E-state index in [4.69, 9.17) is 22.3 Å². The molecule has 0 aliphatic heterocycles. The fraction of sp³-hybridized carbons (Fsp3) is 0.462. The molecule has 1 aliphatic carbocycles. The molecule has 0 aromatic heterocycles. The van der Waals surface area contributed by atoms with Gasteiger partial charge in [0.2, 0.25) is 0 Å². The number of hydrogen-bond acceptors (Lipinski definition) is 3. The molecule has 0 heterocycles. The second-order valence-corrected chi connectivity index (χ2v) is 8.75. The molecular formula is C13H14Cl2FNO3S. The Morgan fingerprint density at radius 3 is 2.52 bits per heavy atom. The molecule has 116 valence electrons. The van der Waals surface area contributed by atoms with Crippen molar-refractivity contribution >= 4 is 37.2 Å². The van der Waals surface area contributed by atoms with E-state index in [0.29, 0.717) is 18.5 Å². The van der Waals surface area contributed by atoms with Crippen LogP contribution in [0.2, 0.25) is 5.02 Å². The summed E-state index contributed by atoms with van der Waals surface area (Å²) >= 11 is 5.72. The van der Waals surface area contributed by atoms with Gasteiger partial charge in [0, 0.05) is 17.2 Å². The van der Waals surface area contributed by atoms with E-state index < -0.39 is 30.7 Å². The minimum Gasteiger partial charge on any atom is -0.352 e. The lowest BCUT2D eigenvalue weighted by molar-refractivity contribution is 0.0950. The van der Waals surface area contributed by atoms with Crippen LogP contribution < -0.4 is 5.32 Å². The number of nitrogens with one attached hydrogen (secondary N) is 1. The van der Waals surface area contributed by atoms with Gasteiger partial charge in [-0.2, -0.15) is 0 Å². The average Bonchev–Trinajstić information content (AvgIpc) is 2.96. The van der Waals surface area contributed by atoms with E-state index in [9.17, 15) is 17.6 Å². The zero-order valence-corrected chi connectivity index (χ0v) is 13.7. The van der Waals surface area contributed by atoms with Gasteiger partial charge in [0.25, 0.3) is 15.0 Å². The Kier molecular flexibility index (Phi) is 4.26. The summed E-state index contributed by atoms with van der Waals surface area (Å²) in [4.78, 5) is 11.5. The third-order valence-corrected chi connectivity index (χ3v) is 5.47. The van der Waals surface area contributed by atoms with Crippen LogP contribution in [0.4, 0.5) is 4.39 Å². The van der Waals surface area contributed by atoms with Crippen molar-refractivity contribution in [3.8, 4) is 0 Å². The Morgan fingerprint density at radius 2 is 2.05 bits per heavy atom. The van der Waals surface area contributed by atoms with Crippen molar-refractivity contribution in [3.05, 3.63) is 28.5 Å². The number of benzene rings is 1. The summed E-state index contributed by atoms with van der Waals surface area (Å²) in [6, 6.07) is 1.66. The number of amides is 1. The standard InChI is InChI=1S/C13H14Cl2FNO3S/c1-13(2)5-7(13)6-17-12(18)9-3-8(21(15,19)20)4-10(16)11(9)14/h3-4,7H,5-6H2,1-2H3,(H,17,18). The second-order valence-electron chi connectivity index (χ2n) is 5.80. The summed E-state index contributed by atoms with van der Waals surface area (Å²) in [6.07, 6.45) is 0.992. The SMILES string of the molecule is CC1(C)CC1CNC(=O)c1cc(S(=O)(=O)Cl)cc(F)c1Cl. The Hall–Kier alpha value is -0.850. The minimum atomic E-state index is -4.14. The topological polar surface area (TPSA) is 63.2 Å². The smallest absolute Gasteiger partial charge is 0.261 e. The lowest BCUT2D eigenvalue weighted by atomic mass is 10.1. The number of hydrogen-bond donors (Lipinski definition) is 1. The molecule has 1 amide bonds. The molecule has 0 radical (unpaired) electrons. The molecule has 0 saturated heterocycles. The average molecular weight is 354 g/mol. The first-order chi connectivity index (χ1) is 9.52. The van der Waals surface area contributed by atoms with E-state index in [2.05, 4.69) is 19.2 Å². The highest BCUT2D eigenvalue weighted by Crippen LogP contribution is 2.51. The van der Waals surface area contributed by atoms with Gasteiger partial charge in [0.1, 0.15) is 5.82 Å². The maximum absolute atomic E-state index is 13.6. The molecule has 0 spiro atoms. The van der Waals surface area contributed by atoms with Crippen LogP contribution in [0, 0.1) is 17.2 Å². The molecular weight excluding hydrogens is 340 g/mol. The molecule has 1 saturated carbocycles. The van der Waals surface area contributed by atoms with Crippen molar-refractivity contribution in [1.29, 1.82) is 0 Å². The predicted octanol–water partition coefficient (Wildman–Crippen LogP) is 3.18. The van der Waals surface area contributed by atoms with Gasteiger partial charge in [-0.1, -0.05) is 25.4 Å². The van der Waals surface area contributed by atoms with Crippen LogP contribution in [0.25, 0.3) is 0 Å². The van der Waals surface area contributed by atoms with Crippen molar-refractivity contribution < 1.29 is 17.6 Å². The lowest BCUT2D eigenvalue weighted by Gasteiger charge is -2.09. The Labute approximate surface area is 132 Å². The molecule has 1 unspecified atom stereocenters. The zero-order valence-electron chi connectivity index (χ0n) is 11.4. The predicted molar refractivity (Wildman–Crippen MR) is 78.7 cm³/mol. The van der Waals surface area contributed by atoms with Crippen molar-refractivity contribution in [2.75, 3.05) is 6.54 Å². The summed E-state index contributed by atoms with van der Waals surface area (Å²) < 4.78 is 36.1. The van der Waals surface area contributed by atoms with Gasteiger partial charge < -0.3 is 5.32 Å². The first kappa shape index (κ1) is 16.5. The molecule has 1 aromatic carbocycles. The van der Waals surface area contributed by atoms with E-state index in [1.165, 1.54) is 0 Å². The number of rotatable bonds is 4. The number of carbonyl (C=O) groups excluding carboxylic acids is 1. The Balaban J connectivity index is 2.22. The van der Waals surface area contributed by atoms with Gasteiger partial charge in [-0.05, 0) is 29.9 Å². The van der Waals surface area contributed by atoms with E-state index in [-0.39, 0.29) is 11.0 Å². The van der Waals surface area contributed by atoms with E-state index in [1.807, 2.05) is 0 Å². The summed E-state index contributed by atoms with van der Waals surface area (Å²) in [5.74, 6) is -1.27. The van der Waals surface area contributed by atoms with Crippen LogP contribution in [0.5, 0.6) is 0 Å². The van der Waals surface area contributed by atoms with Gasteiger partial charge in [-0.25, -0.2) is 12.8 Å². The fourth-order valence-electron chi connectivity index (χ4n) is 2.11. The fourth-order valence-corrected chi connectivity index (χ4v) is 3.07. The van der Waals surface area contributed by atoms with Crippen LogP contribution >= 0.6 is 22.3 Å². The van der Waals surface area contributed by atoms with Gasteiger partial charge in [-0.15, -0.1) is 0 Å². The van der Waals surface area contributed by atoms with Crippen LogP contribution in [0.1, 0.15) is 30.6 Å². The molecule has 1 aliphatic rings. The maximum atomic E-state index is 13.6. The highest BCUT2D eigenvalue weighted by Gasteiger charge is 2.45. The zero-order chi connectivity index (χ0) is 16.0. The molecule has 4 nitrogen and oxygen atoms in total. The lowest BCUT2D eigenvalue weighted by Crippen LogP contribution is -2.27. The molecule has 1 aromatic rings. The first-order valence-corrected chi connectivity index (χ1v) is 8.93. The minimum absolute atomic E-state index is 0.184. The molecule has 8 heteroatoms. The third kappa shape index (κ3) is 3.67. The molecule has 0 bridgehead atoms. The summed E-state index contributed by atoms with van der Waals surface area (Å²) in [5, 5.41) is 2.21.